The van der Waals surface area contributed by atoms with E-state index < -0.39 is 6.10 Å². The molecule has 1 aliphatic carbocycles. The summed E-state index contributed by atoms with van der Waals surface area (Å²) >= 11 is 0. The predicted octanol–water partition coefficient (Wildman–Crippen LogP) is 3.39. The van der Waals surface area contributed by atoms with Crippen molar-refractivity contribution in [1.82, 2.24) is 5.32 Å². The van der Waals surface area contributed by atoms with Gasteiger partial charge in [-0.1, -0.05) is 26.0 Å². The molecule has 5 heteroatoms. The van der Waals surface area contributed by atoms with E-state index in [0.29, 0.717) is 12.0 Å². The molecule has 4 nitrogen and oxygen atoms in total. The normalized spacial score (nSPS) is 22.1. The van der Waals surface area contributed by atoms with Crippen molar-refractivity contribution in [1.29, 1.82) is 0 Å². The van der Waals surface area contributed by atoms with Gasteiger partial charge in [-0.15, -0.1) is 12.4 Å². The lowest BCUT2D eigenvalue weighted by molar-refractivity contribution is -0.128. The number of hydrogen-bond donors (Lipinski definition) is 2. The molecule has 3 N–H and O–H groups in total. The van der Waals surface area contributed by atoms with Gasteiger partial charge in [0.1, 0.15) is 5.75 Å². The predicted molar refractivity (Wildman–Crippen MR) is 96.2 cm³/mol. The largest absolute Gasteiger partial charge is 0.481 e. The molecule has 0 spiro atoms. The van der Waals surface area contributed by atoms with Gasteiger partial charge in [0, 0.05) is 12.1 Å². The quantitative estimate of drug-likeness (QED) is 0.863. The summed E-state index contributed by atoms with van der Waals surface area (Å²) in [7, 11) is 0. The zero-order valence-electron chi connectivity index (χ0n) is 14.2. The van der Waals surface area contributed by atoms with Crippen LogP contribution in [0.25, 0.3) is 0 Å². The topological polar surface area (TPSA) is 64.3 Å². The monoisotopic (exact) mass is 340 g/mol. The fraction of sp³-hybridized carbons (Fsp3) is 0.611. The van der Waals surface area contributed by atoms with Gasteiger partial charge in [0.25, 0.3) is 5.91 Å². The summed E-state index contributed by atoms with van der Waals surface area (Å²) in [6.45, 7) is 6.08. The van der Waals surface area contributed by atoms with Crippen LogP contribution in [0.15, 0.2) is 24.3 Å². The number of nitrogens with one attached hydrogen (secondary N) is 1. The van der Waals surface area contributed by atoms with Crippen LogP contribution in [0.5, 0.6) is 5.75 Å². The van der Waals surface area contributed by atoms with Crippen LogP contribution in [0, 0.1) is 0 Å². The third kappa shape index (κ3) is 6.04. The minimum Gasteiger partial charge on any atom is -0.481 e. The second-order valence-corrected chi connectivity index (χ2v) is 6.61. The molecule has 1 saturated carbocycles. The standard InChI is InChI=1S/C18H28N2O2.ClH/c1-12(2)14-5-4-6-17(11-14)22-13(3)18(21)20-16-9-7-15(19)8-10-16;/h4-6,11-13,15-16H,7-10,19H2,1-3H3,(H,20,21);1H. The van der Waals surface area contributed by atoms with Crippen molar-refractivity contribution in [2.45, 2.75) is 70.6 Å². The van der Waals surface area contributed by atoms with E-state index in [-0.39, 0.29) is 24.4 Å². The average Bonchev–Trinajstić information content (AvgIpc) is 2.49. The number of halogens is 1. The SMILES string of the molecule is CC(Oc1cccc(C(C)C)c1)C(=O)NC1CCC(N)CC1.Cl. The number of amides is 1. The first-order valence-corrected chi connectivity index (χ1v) is 8.28. The Morgan fingerprint density at radius 1 is 1.22 bits per heavy atom. The van der Waals surface area contributed by atoms with Gasteiger partial charge < -0.3 is 15.8 Å². The van der Waals surface area contributed by atoms with Gasteiger partial charge in [-0.05, 0) is 56.2 Å². The third-order valence-corrected chi connectivity index (χ3v) is 4.33. The van der Waals surface area contributed by atoms with Crippen molar-refractivity contribution in [3.63, 3.8) is 0 Å². The van der Waals surface area contributed by atoms with Gasteiger partial charge in [0.15, 0.2) is 6.10 Å². The summed E-state index contributed by atoms with van der Waals surface area (Å²) < 4.78 is 5.79. The van der Waals surface area contributed by atoms with E-state index in [0.717, 1.165) is 31.4 Å². The van der Waals surface area contributed by atoms with Crippen LogP contribution in [0.1, 0.15) is 57.9 Å². The molecule has 0 radical (unpaired) electrons. The van der Waals surface area contributed by atoms with E-state index in [1.54, 1.807) is 6.92 Å². The van der Waals surface area contributed by atoms with Crippen LogP contribution < -0.4 is 15.8 Å². The smallest absolute Gasteiger partial charge is 0.260 e. The first-order valence-electron chi connectivity index (χ1n) is 8.28. The van der Waals surface area contributed by atoms with Crippen molar-refractivity contribution < 1.29 is 9.53 Å². The molecular formula is C18H29ClN2O2. The Morgan fingerprint density at radius 2 is 1.87 bits per heavy atom. The molecule has 0 bridgehead atoms. The van der Waals surface area contributed by atoms with E-state index in [2.05, 4.69) is 25.2 Å². The summed E-state index contributed by atoms with van der Waals surface area (Å²) in [5.74, 6) is 1.15. The third-order valence-electron chi connectivity index (χ3n) is 4.33. The van der Waals surface area contributed by atoms with Crippen LogP contribution in [0.4, 0.5) is 0 Å². The van der Waals surface area contributed by atoms with Crippen LogP contribution in [-0.2, 0) is 4.79 Å². The van der Waals surface area contributed by atoms with Crippen LogP contribution in [0.2, 0.25) is 0 Å². The highest BCUT2D eigenvalue weighted by Crippen LogP contribution is 2.21. The molecule has 1 atom stereocenters. The summed E-state index contributed by atoms with van der Waals surface area (Å²) in [5.41, 5.74) is 7.11. The lowest BCUT2D eigenvalue weighted by atomic mass is 9.92. The van der Waals surface area contributed by atoms with Gasteiger partial charge in [0.2, 0.25) is 0 Å². The first-order chi connectivity index (χ1) is 10.5. The van der Waals surface area contributed by atoms with E-state index in [9.17, 15) is 4.79 Å². The number of nitrogens with two attached hydrogens (primary N) is 1. The summed E-state index contributed by atoms with van der Waals surface area (Å²) in [6, 6.07) is 8.48. The van der Waals surface area contributed by atoms with E-state index in [4.69, 9.17) is 10.5 Å². The van der Waals surface area contributed by atoms with Crippen LogP contribution in [-0.4, -0.2) is 24.1 Å². The average molecular weight is 341 g/mol. The van der Waals surface area contributed by atoms with Crippen LogP contribution in [0.3, 0.4) is 0 Å². The number of carbonyl (C=O) groups excluding carboxylic acids is 1. The zero-order chi connectivity index (χ0) is 16.1. The highest BCUT2D eigenvalue weighted by atomic mass is 35.5. The number of benzene rings is 1. The Morgan fingerprint density at radius 3 is 2.48 bits per heavy atom. The lowest BCUT2D eigenvalue weighted by Crippen LogP contribution is -2.45. The van der Waals surface area contributed by atoms with Crippen LogP contribution >= 0.6 is 12.4 Å². The molecule has 1 aromatic carbocycles. The van der Waals surface area contributed by atoms with Gasteiger partial charge in [-0.2, -0.15) is 0 Å². The van der Waals surface area contributed by atoms with E-state index >= 15 is 0 Å². The maximum absolute atomic E-state index is 12.2. The number of hydrogen-bond acceptors (Lipinski definition) is 3. The zero-order valence-corrected chi connectivity index (χ0v) is 15.1. The molecule has 0 aromatic heterocycles. The molecule has 1 unspecified atom stereocenters. The summed E-state index contributed by atoms with van der Waals surface area (Å²) in [5, 5.41) is 3.08. The number of ether oxygens (including phenoxy) is 1. The maximum Gasteiger partial charge on any atom is 0.260 e. The fourth-order valence-electron chi connectivity index (χ4n) is 2.79. The maximum atomic E-state index is 12.2. The Balaban J connectivity index is 0.00000264. The first kappa shape index (κ1) is 19.8. The molecule has 23 heavy (non-hydrogen) atoms. The van der Waals surface area contributed by atoms with Gasteiger partial charge in [-0.3, -0.25) is 4.79 Å². The van der Waals surface area contributed by atoms with Gasteiger partial charge >= 0.3 is 0 Å². The summed E-state index contributed by atoms with van der Waals surface area (Å²) in [4.78, 5) is 12.2. The molecule has 1 aliphatic rings. The van der Waals surface area contributed by atoms with Crippen molar-refractivity contribution >= 4 is 18.3 Å². The number of carbonyl (C=O) groups is 1. The Hall–Kier alpha value is -1.26. The molecule has 1 aromatic rings. The molecular weight excluding hydrogens is 312 g/mol. The highest BCUT2D eigenvalue weighted by molar-refractivity contribution is 5.85. The second kappa shape index (κ2) is 9.14. The Bertz CT molecular complexity index is 500. The van der Waals surface area contributed by atoms with Crippen molar-refractivity contribution in [3.05, 3.63) is 29.8 Å². The molecule has 0 saturated heterocycles. The minimum absolute atomic E-state index is 0. The molecule has 1 amide bonds. The summed E-state index contributed by atoms with van der Waals surface area (Å²) in [6.07, 6.45) is 3.40. The van der Waals surface area contributed by atoms with Crippen molar-refractivity contribution in [3.8, 4) is 5.75 Å². The minimum atomic E-state index is -0.488. The lowest BCUT2D eigenvalue weighted by Gasteiger charge is -2.28. The van der Waals surface area contributed by atoms with Gasteiger partial charge in [-0.25, -0.2) is 0 Å². The second-order valence-electron chi connectivity index (χ2n) is 6.61. The Kier molecular flexibility index (Phi) is 7.86. The van der Waals surface area contributed by atoms with Crippen molar-refractivity contribution in [2.24, 2.45) is 5.73 Å². The molecule has 2 rings (SSSR count). The fourth-order valence-corrected chi connectivity index (χ4v) is 2.79. The number of rotatable bonds is 5. The molecule has 0 heterocycles. The van der Waals surface area contributed by atoms with Crippen molar-refractivity contribution in [2.75, 3.05) is 0 Å². The van der Waals surface area contributed by atoms with E-state index in [1.807, 2.05) is 18.2 Å². The molecule has 130 valence electrons. The molecule has 1 fully saturated rings. The highest BCUT2D eigenvalue weighted by Gasteiger charge is 2.23. The Labute approximate surface area is 145 Å². The molecule has 0 aliphatic heterocycles. The van der Waals surface area contributed by atoms with Gasteiger partial charge in [0.05, 0.1) is 0 Å². The van der Waals surface area contributed by atoms with E-state index in [1.165, 1.54) is 5.56 Å².